The van der Waals surface area contributed by atoms with E-state index in [1.807, 2.05) is 85.8 Å². The Morgan fingerprint density at radius 3 is 2.12 bits per heavy atom. The Morgan fingerprint density at radius 2 is 1.46 bits per heavy atom. The third-order valence-electron chi connectivity index (χ3n) is 7.14. The van der Waals surface area contributed by atoms with Gasteiger partial charge >= 0.3 is 0 Å². The molecule has 6 aromatic rings. The van der Waals surface area contributed by atoms with E-state index in [2.05, 4.69) is 16.0 Å². The van der Waals surface area contributed by atoms with Crippen molar-refractivity contribution in [2.45, 2.75) is 17.1 Å². The third-order valence-corrected chi connectivity index (χ3v) is 9.29. The molecule has 8 nitrogen and oxygen atoms in total. The molecule has 0 bridgehead atoms. The summed E-state index contributed by atoms with van der Waals surface area (Å²) in [6.45, 7) is 1.99. The lowest BCUT2D eigenvalue weighted by atomic mass is 10.1. The lowest BCUT2D eigenvalue weighted by Crippen LogP contribution is -2.30. The Kier molecular flexibility index (Phi) is 10.2. The maximum absolute atomic E-state index is 13.7. The number of carbonyl (C=O) groups is 3. The van der Waals surface area contributed by atoms with Gasteiger partial charge in [-0.25, -0.2) is 4.98 Å². The minimum atomic E-state index is -0.563. The molecule has 0 aliphatic carbocycles. The fourth-order valence-corrected chi connectivity index (χ4v) is 6.66. The van der Waals surface area contributed by atoms with Gasteiger partial charge in [0.2, 0.25) is 5.91 Å². The van der Waals surface area contributed by atoms with Crippen LogP contribution in [0.15, 0.2) is 149 Å². The van der Waals surface area contributed by atoms with Crippen LogP contribution in [0.1, 0.15) is 31.8 Å². The van der Waals surface area contributed by atoms with Gasteiger partial charge in [0.05, 0.1) is 12.0 Å². The van der Waals surface area contributed by atoms with Gasteiger partial charge in [0.25, 0.3) is 11.8 Å². The molecule has 238 valence electrons. The number of nitrogens with zero attached hydrogens (tertiary/aromatic N) is 1. The molecule has 0 saturated heterocycles. The number of aryl methyl sites for hydroxylation is 1. The van der Waals surface area contributed by atoms with Gasteiger partial charge < -0.3 is 20.4 Å². The summed E-state index contributed by atoms with van der Waals surface area (Å²) in [6, 6.07) is 38.6. The molecule has 0 fully saturated rings. The highest BCUT2D eigenvalue weighted by Gasteiger charge is 2.24. The van der Waals surface area contributed by atoms with E-state index in [1.54, 1.807) is 48.5 Å². The average molecular weight is 671 g/mol. The molecule has 0 radical (unpaired) electrons. The van der Waals surface area contributed by atoms with Crippen LogP contribution in [0.2, 0.25) is 0 Å². The van der Waals surface area contributed by atoms with Gasteiger partial charge in [0.1, 0.15) is 16.7 Å². The lowest BCUT2D eigenvalue weighted by Gasteiger charge is -2.16. The van der Waals surface area contributed by atoms with E-state index >= 15 is 0 Å². The third kappa shape index (κ3) is 8.16. The highest BCUT2D eigenvalue weighted by atomic mass is 32.2. The summed E-state index contributed by atoms with van der Waals surface area (Å²) >= 11 is 2.83. The molecule has 0 aliphatic heterocycles. The number of carbonyl (C=O) groups excluding carboxylic acids is 3. The Bertz CT molecular complexity index is 2030. The number of aromatic nitrogens is 1. The number of hydrogen-bond donors (Lipinski definition) is 3. The number of thioether (sulfide) groups is 1. The summed E-state index contributed by atoms with van der Waals surface area (Å²) in [5.41, 5.74) is 3.63. The molecule has 0 saturated carbocycles. The number of furan rings is 1. The van der Waals surface area contributed by atoms with Crippen molar-refractivity contribution in [1.29, 1.82) is 0 Å². The second-order valence-electron chi connectivity index (χ2n) is 10.6. The van der Waals surface area contributed by atoms with Crippen LogP contribution in [0, 0.1) is 6.92 Å². The zero-order chi connectivity index (χ0) is 33.3. The predicted molar refractivity (Wildman–Crippen MR) is 192 cm³/mol. The largest absolute Gasteiger partial charge is 0.465 e. The van der Waals surface area contributed by atoms with Crippen LogP contribution in [-0.2, 0) is 9.59 Å². The summed E-state index contributed by atoms with van der Waals surface area (Å²) in [6.07, 6.45) is 2.95. The molecule has 3 N–H and O–H groups in total. The van der Waals surface area contributed by atoms with Gasteiger partial charge in [-0.15, -0.1) is 23.1 Å². The highest BCUT2D eigenvalue weighted by molar-refractivity contribution is 8.00. The Labute approximate surface area is 285 Å². The minimum Gasteiger partial charge on any atom is -0.465 e. The molecule has 3 amide bonds. The molecule has 10 heteroatoms. The van der Waals surface area contributed by atoms with Crippen LogP contribution in [0.4, 0.5) is 10.8 Å². The van der Waals surface area contributed by atoms with Gasteiger partial charge in [0.15, 0.2) is 5.13 Å². The normalized spacial score (nSPS) is 11.8. The Balaban J connectivity index is 1.16. The second kappa shape index (κ2) is 15.3. The average Bonchev–Trinajstić information content (AvgIpc) is 3.77. The van der Waals surface area contributed by atoms with Gasteiger partial charge in [-0.1, -0.05) is 78.9 Å². The van der Waals surface area contributed by atoms with E-state index in [1.165, 1.54) is 35.4 Å². The van der Waals surface area contributed by atoms with Gasteiger partial charge in [-0.2, -0.15) is 0 Å². The van der Waals surface area contributed by atoms with Crippen molar-refractivity contribution >= 4 is 57.7 Å². The van der Waals surface area contributed by atoms with Crippen molar-refractivity contribution in [3.63, 3.8) is 0 Å². The second-order valence-corrected chi connectivity index (χ2v) is 12.9. The van der Waals surface area contributed by atoms with Crippen LogP contribution >= 0.6 is 23.1 Å². The number of rotatable bonds is 11. The van der Waals surface area contributed by atoms with Gasteiger partial charge in [0, 0.05) is 32.7 Å². The molecule has 2 aromatic heterocycles. The number of benzene rings is 4. The van der Waals surface area contributed by atoms with Crippen LogP contribution in [0.3, 0.4) is 0 Å². The van der Waals surface area contributed by atoms with E-state index in [0.29, 0.717) is 22.1 Å². The topological polar surface area (TPSA) is 113 Å². The molecule has 6 rings (SSSR count). The fraction of sp³-hybridized carbons (Fsp3) is 0.0526. The standard InChI is InChI=1S/C38H30N4O4S2/c1-25-33(26-12-5-2-6-13-26)41-38(47-25)42-37(45)34(27-14-7-3-8-15-27)48-31-21-19-29(20-22-31)39-36(44)32(24-30-18-11-23-46-30)40-35(43)28-16-9-4-10-17-28/h2-24,34H,1H3,(H,39,44)(H,40,43)(H,41,42,45)/b32-24-. The summed E-state index contributed by atoms with van der Waals surface area (Å²) in [7, 11) is 0. The molecule has 4 aromatic carbocycles. The van der Waals surface area contributed by atoms with E-state index in [4.69, 9.17) is 9.40 Å². The minimum absolute atomic E-state index is 0.0194. The van der Waals surface area contributed by atoms with Gasteiger partial charge in [-0.3, -0.25) is 14.4 Å². The smallest absolute Gasteiger partial charge is 0.272 e. The first-order valence-corrected chi connectivity index (χ1v) is 16.7. The molecule has 1 unspecified atom stereocenters. The number of thiazole rings is 1. The first-order valence-electron chi connectivity index (χ1n) is 15.0. The molecule has 0 aliphatic rings. The van der Waals surface area contributed by atoms with Crippen LogP contribution < -0.4 is 16.0 Å². The SMILES string of the molecule is Cc1sc(NC(=O)C(Sc2ccc(NC(=O)/C(=C/c3ccco3)NC(=O)c3ccccc3)cc2)c2ccccc2)nc1-c1ccccc1. The number of anilines is 2. The monoisotopic (exact) mass is 670 g/mol. The zero-order valence-electron chi connectivity index (χ0n) is 25.8. The Hall–Kier alpha value is -5.71. The van der Waals surface area contributed by atoms with Crippen molar-refractivity contribution in [3.05, 3.63) is 161 Å². The molecule has 2 heterocycles. The predicted octanol–water partition coefficient (Wildman–Crippen LogP) is 8.59. The van der Waals surface area contributed by atoms with Crippen LogP contribution in [-0.4, -0.2) is 22.7 Å². The summed E-state index contributed by atoms with van der Waals surface area (Å²) in [5.74, 6) is -0.732. The quantitative estimate of drug-likeness (QED) is 0.0940. The Morgan fingerprint density at radius 1 is 0.792 bits per heavy atom. The summed E-state index contributed by atoms with van der Waals surface area (Å²) < 4.78 is 5.38. The summed E-state index contributed by atoms with van der Waals surface area (Å²) in [5, 5.41) is 8.53. The van der Waals surface area contributed by atoms with Gasteiger partial charge in [-0.05, 0) is 61.0 Å². The molecular formula is C38H30N4O4S2. The van der Waals surface area contributed by atoms with E-state index in [0.717, 1.165) is 26.6 Å². The fourth-order valence-electron chi connectivity index (χ4n) is 4.79. The van der Waals surface area contributed by atoms with E-state index in [-0.39, 0.29) is 11.6 Å². The molecule has 48 heavy (non-hydrogen) atoms. The first-order chi connectivity index (χ1) is 23.4. The zero-order valence-corrected chi connectivity index (χ0v) is 27.4. The van der Waals surface area contributed by atoms with Crippen molar-refractivity contribution in [3.8, 4) is 11.3 Å². The molecule has 0 spiro atoms. The maximum Gasteiger partial charge on any atom is 0.272 e. The maximum atomic E-state index is 13.7. The van der Waals surface area contributed by atoms with E-state index in [9.17, 15) is 14.4 Å². The molecular weight excluding hydrogens is 641 g/mol. The van der Waals surface area contributed by atoms with Crippen molar-refractivity contribution in [1.82, 2.24) is 10.3 Å². The number of amides is 3. The first kappa shape index (κ1) is 32.2. The van der Waals surface area contributed by atoms with Crippen LogP contribution in [0.25, 0.3) is 17.3 Å². The van der Waals surface area contributed by atoms with Crippen molar-refractivity contribution in [2.75, 3.05) is 10.6 Å². The number of hydrogen-bond acceptors (Lipinski definition) is 7. The van der Waals surface area contributed by atoms with Crippen molar-refractivity contribution in [2.24, 2.45) is 0 Å². The highest BCUT2D eigenvalue weighted by Crippen LogP contribution is 2.38. The number of nitrogens with one attached hydrogen (secondary N) is 3. The lowest BCUT2D eigenvalue weighted by molar-refractivity contribution is -0.116. The van der Waals surface area contributed by atoms with Crippen molar-refractivity contribution < 1.29 is 18.8 Å². The molecule has 1 atom stereocenters. The summed E-state index contributed by atoms with van der Waals surface area (Å²) in [4.78, 5) is 46.5. The van der Waals surface area contributed by atoms with E-state index < -0.39 is 17.1 Å². The van der Waals surface area contributed by atoms with Crippen LogP contribution in [0.5, 0.6) is 0 Å².